The molecular weight excluding hydrogens is 568 g/mol. The fraction of sp³-hybridized carbons (Fsp3) is 0.538. The molecule has 0 aliphatic carbocycles. The molecule has 2 aliphatic heterocycles. The summed E-state index contributed by atoms with van der Waals surface area (Å²) in [4.78, 5) is 13.1. The Morgan fingerprint density at radius 3 is 1.97 bits per heavy atom. The van der Waals surface area contributed by atoms with Crippen LogP contribution in [0.15, 0.2) is 47.5 Å². The van der Waals surface area contributed by atoms with Crippen LogP contribution in [0.25, 0.3) is 11.3 Å². The number of hydrogen-bond acceptors (Lipinski definition) is 10. The van der Waals surface area contributed by atoms with E-state index >= 15 is 0 Å². The average Bonchev–Trinajstić information content (AvgIpc) is 3.61. The molecule has 2 saturated heterocycles. The summed E-state index contributed by atoms with van der Waals surface area (Å²) in [7, 11) is 0. The Kier molecular flexibility index (Phi) is 10.3. The SMILES string of the molecule is Brc1cnc2ccc(OCCCN3CCOCC3)nn12.c1cn2nc(OCCCN3CCOCC3)ccc2n1. The van der Waals surface area contributed by atoms with Crippen LogP contribution in [0.4, 0.5) is 0 Å². The molecule has 210 valence electrons. The van der Waals surface area contributed by atoms with Crippen molar-refractivity contribution in [3.8, 4) is 11.8 Å². The Hall–Kier alpha value is -2.84. The molecule has 0 radical (unpaired) electrons. The van der Waals surface area contributed by atoms with Gasteiger partial charge in [-0.15, -0.1) is 10.2 Å². The summed E-state index contributed by atoms with van der Waals surface area (Å²) in [5.41, 5.74) is 1.64. The fourth-order valence-electron chi connectivity index (χ4n) is 4.36. The minimum Gasteiger partial charge on any atom is -0.477 e. The van der Waals surface area contributed by atoms with E-state index in [1.807, 2.05) is 30.5 Å². The number of halogens is 1. The lowest BCUT2D eigenvalue weighted by molar-refractivity contribution is 0.0356. The maximum Gasteiger partial charge on any atom is 0.231 e. The van der Waals surface area contributed by atoms with Crippen molar-refractivity contribution in [3.05, 3.63) is 47.5 Å². The molecule has 0 aromatic carbocycles. The number of nitrogens with zero attached hydrogens (tertiary/aromatic N) is 8. The quantitative estimate of drug-likeness (QED) is 0.251. The van der Waals surface area contributed by atoms with Crippen molar-refractivity contribution in [2.75, 3.05) is 78.9 Å². The molecular formula is C26H35BrN8O4. The highest BCUT2D eigenvalue weighted by molar-refractivity contribution is 9.10. The smallest absolute Gasteiger partial charge is 0.231 e. The molecule has 0 saturated carbocycles. The third-order valence-electron chi connectivity index (χ3n) is 6.47. The summed E-state index contributed by atoms with van der Waals surface area (Å²) in [6, 6.07) is 7.51. The minimum atomic E-state index is 0.623. The Morgan fingerprint density at radius 1 is 0.744 bits per heavy atom. The molecule has 13 heteroatoms. The normalized spacial score (nSPS) is 16.7. The summed E-state index contributed by atoms with van der Waals surface area (Å²) in [6.07, 6.45) is 7.26. The van der Waals surface area contributed by atoms with Gasteiger partial charge >= 0.3 is 0 Å². The molecule has 6 heterocycles. The predicted molar refractivity (Wildman–Crippen MR) is 148 cm³/mol. The van der Waals surface area contributed by atoms with Crippen LogP contribution in [-0.4, -0.2) is 118 Å². The van der Waals surface area contributed by atoms with E-state index in [9.17, 15) is 0 Å². The Labute approximate surface area is 235 Å². The second kappa shape index (κ2) is 14.5. The van der Waals surface area contributed by atoms with Crippen LogP contribution >= 0.6 is 15.9 Å². The molecule has 39 heavy (non-hydrogen) atoms. The number of fused-ring (bicyclic) bond motifs is 2. The molecule has 2 aliphatic rings. The van der Waals surface area contributed by atoms with E-state index in [4.69, 9.17) is 18.9 Å². The highest BCUT2D eigenvalue weighted by Gasteiger charge is 2.11. The number of aromatic nitrogens is 6. The van der Waals surface area contributed by atoms with Crippen molar-refractivity contribution in [2.24, 2.45) is 0 Å². The third-order valence-corrected chi connectivity index (χ3v) is 7.01. The van der Waals surface area contributed by atoms with Crippen molar-refractivity contribution in [1.82, 2.24) is 39.0 Å². The van der Waals surface area contributed by atoms with E-state index in [0.717, 1.165) is 94.4 Å². The standard InChI is InChI=1S/C13H17BrN4O2.C13H18N4O2/c14-11-10-15-12-2-3-13(16-18(11)12)20-7-1-4-17-5-8-19-9-6-17;1(5-16-7-10-18-11-8-16)9-19-13-3-2-12-14-4-6-17(12)15-13/h2-3,10H,1,4-9H2;2-4,6H,1,5,7-11H2. The van der Waals surface area contributed by atoms with E-state index in [0.29, 0.717) is 25.0 Å². The van der Waals surface area contributed by atoms with Crippen LogP contribution in [-0.2, 0) is 9.47 Å². The third kappa shape index (κ3) is 8.32. The number of rotatable bonds is 10. The van der Waals surface area contributed by atoms with Gasteiger partial charge in [0.2, 0.25) is 11.8 Å². The molecule has 4 aromatic heterocycles. The molecule has 0 bridgehead atoms. The van der Waals surface area contributed by atoms with Crippen LogP contribution in [0.3, 0.4) is 0 Å². The van der Waals surface area contributed by atoms with Gasteiger partial charge in [-0.3, -0.25) is 9.80 Å². The first kappa shape index (κ1) is 27.7. The summed E-state index contributed by atoms with van der Waals surface area (Å²) in [5, 5.41) is 8.69. The molecule has 0 unspecified atom stereocenters. The molecule has 0 atom stereocenters. The minimum absolute atomic E-state index is 0.623. The van der Waals surface area contributed by atoms with Gasteiger partial charge in [0, 0.05) is 63.8 Å². The molecule has 0 N–H and O–H groups in total. The van der Waals surface area contributed by atoms with Crippen molar-refractivity contribution < 1.29 is 18.9 Å². The van der Waals surface area contributed by atoms with Crippen LogP contribution in [0.2, 0.25) is 0 Å². The first-order chi connectivity index (χ1) is 19.2. The van der Waals surface area contributed by atoms with Gasteiger partial charge < -0.3 is 18.9 Å². The monoisotopic (exact) mass is 602 g/mol. The van der Waals surface area contributed by atoms with Crippen molar-refractivity contribution >= 4 is 27.2 Å². The van der Waals surface area contributed by atoms with Gasteiger partial charge in [-0.1, -0.05) is 0 Å². The van der Waals surface area contributed by atoms with Crippen LogP contribution in [0, 0.1) is 0 Å². The molecule has 4 aromatic rings. The van der Waals surface area contributed by atoms with E-state index in [2.05, 4.69) is 45.9 Å². The summed E-state index contributed by atoms with van der Waals surface area (Å²) < 4.78 is 26.3. The van der Waals surface area contributed by atoms with E-state index in [1.54, 1.807) is 21.4 Å². The predicted octanol–water partition coefficient (Wildman–Crippen LogP) is 2.42. The molecule has 6 rings (SSSR count). The van der Waals surface area contributed by atoms with Gasteiger partial charge in [-0.25, -0.2) is 19.0 Å². The Bertz CT molecular complexity index is 1290. The highest BCUT2D eigenvalue weighted by atomic mass is 79.9. The highest BCUT2D eigenvalue weighted by Crippen LogP contribution is 2.15. The summed E-state index contributed by atoms with van der Waals surface area (Å²) in [5.74, 6) is 1.27. The summed E-state index contributed by atoms with van der Waals surface area (Å²) in [6.45, 7) is 10.9. The van der Waals surface area contributed by atoms with Gasteiger partial charge in [-0.2, -0.15) is 0 Å². The molecule has 2 fully saturated rings. The number of imidazole rings is 2. The van der Waals surface area contributed by atoms with Gasteiger partial charge in [-0.05, 0) is 40.9 Å². The second-order valence-corrected chi connectivity index (χ2v) is 10.0. The van der Waals surface area contributed by atoms with Crippen LogP contribution in [0.5, 0.6) is 11.8 Å². The van der Waals surface area contributed by atoms with Crippen LogP contribution in [0.1, 0.15) is 12.8 Å². The Morgan fingerprint density at radius 2 is 1.33 bits per heavy atom. The van der Waals surface area contributed by atoms with Crippen molar-refractivity contribution in [1.29, 1.82) is 0 Å². The van der Waals surface area contributed by atoms with Gasteiger partial charge in [0.1, 0.15) is 4.60 Å². The molecule has 12 nitrogen and oxygen atoms in total. The number of morpholine rings is 2. The van der Waals surface area contributed by atoms with Crippen LogP contribution < -0.4 is 9.47 Å². The summed E-state index contributed by atoms with van der Waals surface area (Å²) >= 11 is 3.40. The van der Waals surface area contributed by atoms with Crippen molar-refractivity contribution in [3.63, 3.8) is 0 Å². The van der Waals surface area contributed by atoms with E-state index < -0.39 is 0 Å². The van der Waals surface area contributed by atoms with Crippen molar-refractivity contribution in [2.45, 2.75) is 12.8 Å². The zero-order valence-electron chi connectivity index (χ0n) is 22.0. The average molecular weight is 604 g/mol. The zero-order chi connectivity index (χ0) is 26.7. The zero-order valence-corrected chi connectivity index (χ0v) is 23.6. The van der Waals surface area contributed by atoms with Gasteiger partial charge in [0.05, 0.1) is 45.8 Å². The maximum absolute atomic E-state index is 5.69. The lowest BCUT2D eigenvalue weighted by atomic mass is 10.3. The van der Waals surface area contributed by atoms with E-state index in [1.165, 1.54) is 0 Å². The number of hydrogen-bond donors (Lipinski definition) is 0. The van der Waals surface area contributed by atoms with Gasteiger partial charge in [0.15, 0.2) is 11.3 Å². The lowest BCUT2D eigenvalue weighted by Crippen LogP contribution is -2.37. The topological polar surface area (TPSA) is 104 Å². The van der Waals surface area contributed by atoms with E-state index in [-0.39, 0.29) is 0 Å². The molecule has 0 amide bonds. The molecule has 0 spiro atoms. The lowest BCUT2D eigenvalue weighted by Gasteiger charge is -2.26. The first-order valence-corrected chi connectivity index (χ1v) is 14.2. The fourth-order valence-corrected chi connectivity index (χ4v) is 4.72. The maximum atomic E-state index is 5.69. The second-order valence-electron chi connectivity index (χ2n) is 9.24. The largest absolute Gasteiger partial charge is 0.477 e. The van der Waals surface area contributed by atoms with Gasteiger partial charge in [0.25, 0.3) is 0 Å². The first-order valence-electron chi connectivity index (χ1n) is 13.4. The number of ether oxygens (including phenoxy) is 4. The Balaban J connectivity index is 0.000000158.